The van der Waals surface area contributed by atoms with Crippen LogP contribution in [-0.4, -0.2) is 21.8 Å². The number of allylic oxidation sites excluding steroid dienone is 2. The summed E-state index contributed by atoms with van der Waals surface area (Å²) in [6.07, 6.45) is 14.7. The van der Waals surface area contributed by atoms with E-state index in [4.69, 9.17) is 0 Å². The van der Waals surface area contributed by atoms with Gasteiger partial charge in [-0.25, -0.2) is 4.79 Å². The monoisotopic (exact) mass is 494 g/mol. The molecular formula is C33H50O3. The molecule has 1 fully saturated rings. The molecular weight excluding hydrogens is 444 g/mol. The third-order valence-corrected chi connectivity index (χ3v) is 9.48. The van der Waals surface area contributed by atoms with Crippen molar-refractivity contribution in [1.29, 1.82) is 0 Å². The smallest absolute Gasteiger partial charge is 0.335 e. The Hall–Kier alpha value is -1.87. The second-order valence-electron chi connectivity index (χ2n) is 12.8. The minimum Gasteiger partial charge on any atom is -0.478 e. The summed E-state index contributed by atoms with van der Waals surface area (Å²) >= 11 is 0. The molecule has 36 heavy (non-hydrogen) atoms. The fraction of sp³-hybridized carbons (Fsp3) is 0.667. The summed E-state index contributed by atoms with van der Waals surface area (Å²) in [6.45, 7) is 15.5. The number of rotatable bonds is 8. The van der Waals surface area contributed by atoms with Crippen LogP contribution in [0.15, 0.2) is 42.5 Å². The maximum atomic E-state index is 12.5. The van der Waals surface area contributed by atoms with Crippen LogP contribution in [0.25, 0.3) is 0 Å². The molecule has 4 rings (SSSR count). The summed E-state index contributed by atoms with van der Waals surface area (Å²) < 4.78 is 0. The van der Waals surface area contributed by atoms with E-state index < -0.39 is 11.6 Å². The lowest BCUT2D eigenvalue weighted by atomic mass is 9.63. The molecule has 2 bridgehead atoms. The molecule has 0 radical (unpaired) electrons. The van der Waals surface area contributed by atoms with Gasteiger partial charge in [-0.05, 0) is 98.1 Å². The van der Waals surface area contributed by atoms with Gasteiger partial charge in [0, 0.05) is 6.42 Å². The topological polar surface area (TPSA) is 57.5 Å². The van der Waals surface area contributed by atoms with Gasteiger partial charge in [-0.15, -0.1) is 6.58 Å². The average molecular weight is 495 g/mol. The highest BCUT2D eigenvalue weighted by atomic mass is 16.4. The zero-order valence-electron chi connectivity index (χ0n) is 23.5. The van der Waals surface area contributed by atoms with E-state index in [9.17, 15) is 15.0 Å². The second-order valence-corrected chi connectivity index (χ2v) is 12.8. The molecule has 1 saturated carbocycles. The number of aliphatic hydroxyl groups is 1. The van der Waals surface area contributed by atoms with Gasteiger partial charge in [0.05, 0.1) is 11.2 Å². The minimum atomic E-state index is -0.906. The number of carbonyl (C=O) groups is 1. The van der Waals surface area contributed by atoms with Crippen molar-refractivity contribution in [1.82, 2.24) is 0 Å². The number of aromatic carboxylic acids is 1. The molecule has 3 nitrogen and oxygen atoms in total. The number of hydrogen-bond donors (Lipinski definition) is 2. The number of carboxylic acid groups (broad SMARTS) is 1. The van der Waals surface area contributed by atoms with Crippen molar-refractivity contribution in [3.8, 4) is 0 Å². The Morgan fingerprint density at radius 1 is 1.19 bits per heavy atom. The number of benzene rings is 1. The summed E-state index contributed by atoms with van der Waals surface area (Å²) in [4.78, 5) is 12.5. The van der Waals surface area contributed by atoms with Crippen LogP contribution in [0.2, 0.25) is 0 Å². The van der Waals surface area contributed by atoms with Gasteiger partial charge in [0.25, 0.3) is 0 Å². The number of fused-ring (bicyclic) bond motifs is 8. The highest BCUT2D eigenvalue weighted by molar-refractivity contribution is 5.90. The first-order chi connectivity index (χ1) is 17.0. The fourth-order valence-corrected chi connectivity index (χ4v) is 7.39. The Morgan fingerprint density at radius 3 is 2.61 bits per heavy atom. The lowest BCUT2D eigenvalue weighted by Gasteiger charge is -2.41. The van der Waals surface area contributed by atoms with Gasteiger partial charge in [0.1, 0.15) is 0 Å². The molecule has 3 aliphatic carbocycles. The quantitative estimate of drug-likeness (QED) is 0.355. The van der Waals surface area contributed by atoms with Crippen molar-refractivity contribution in [3.63, 3.8) is 0 Å². The van der Waals surface area contributed by atoms with E-state index in [0.717, 1.165) is 42.7 Å². The summed E-state index contributed by atoms with van der Waals surface area (Å²) in [5.41, 5.74) is 2.84. The van der Waals surface area contributed by atoms with Crippen LogP contribution < -0.4 is 0 Å². The highest BCUT2D eigenvalue weighted by Gasteiger charge is 2.49. The van der Waals surface area contributed by atoms with Gasteiger partial charge in [0.15, 0.2) is 0 Å². The standard InChI is InChI=1S/C33H50O3/c1-7-18-33(36)20-17-24(4)11-9-19-32(6)29(25(5)12-8-10-23(2)3)15-16-30(32)27-14-13-26(22-33)21-28(27)31(34)35/h7,11,13-14,21,23,25,29-30,36H,1,8-10,12,15-20,22H2,2-6H3,(H,34,35)/b24-11-/t25-,29-,30+,32-,33+/m1/s1. The van der Waals surface area contributed by atoms with Gasteiger partial charge in [-0.2, -0.15) is 0 Å². The zero-order chi connectivity index (χ0) is 26.5. The molecule has 0 saturated heterocycles. The Labute approximate surface area is 220 Å². The van der Waals surface area contributed by atoms with Crippen molar-refractivity contribution < 1.29 is 15.0 Å². The average Bonchev–Trinajstić information content (AvgIpc) is 3.14. The Morgan fingerprint density at radius 2 is 1.94 bits per heavy atom. The third kappa shape index (κ3) is 6.71. The van der Waals surface area contributed by atoms with Gasteiger partial charge >= 0.3 is 5.97 Å². The lowest BCUT2D eigenvalue weighted by Crippen LogP contribution is -2.33. The first-order valence-corrected chi connectivity index (χ1v) is 14.3. The Bertz CT molecular complexity index is 944. The maximum absolute atomic E-state index is 12.5. The lowest BCUT2D eigenvalue weighted by molar-refractivity contribution is 0.0348. The van der Waals surface area contributed by atoms with E-state index in [2.05, 4.69) is 59.4 Å². The van der Waals surface area contributed by atoms with Crippen LogP contribution >= 0.6 is 0 Å². The third-order valence-electron chi connectivity index (χ3n) is 9.48. The van der Waals surface area contributed by atoms with E-state index in [0.29, 0.717) is 36.7 Å². The summed E-state index contributed by atoms with van der Waals surface area (Å²) in [5.74, 6) is 1.39. The normalized spacial score (nSPS) is 31.4. The van der Waals surface area contributed by atoms with Crippen molar-refractivity contribution in [2.75, 3.05) is 0 Å². The van der Waals surface area contributed by atoms with Crippen LogP contribution in [0, 0.1) is 23.2 Å². The molecule has 0 aromatic heterocycles. The van der Waals surface area contributed by atoms with Gasteiger partial charge in [-0.1, -0.05) is 76.8 Å². The molecule has 3 heteroatoms. The Kier molecular flexibility index (Phi) is 9.66. The second kappa shape index (κ2) is 12.1. The van der Waals surface area contributed by atoms with Crippen LogP contribution in [0.4, 0.5) is 0 Å². The Balaban J connectivity index is 2.02. The molecule has 3 aliphatic rings. The molecule has 0 spiro atoms. The van der Waals surface area contributed by atoms with Crippen LogP contribution in [0.5, 0.6) is 0 Å². The molecule has 1 aromatic rings. The summed E-state index contributed by atoms with van der Waals surface area (Å²) in [6, 6.07) is 6.00. The molecule has 1 aromatic carbocycles. The van der Waals surface area contributed by atoms with E-state index >= 15 is 0 Å². The molecule has 0 unspecified atom stereocenters. The van der Waals surface area contributed by atoms with Gasteiger partial charge in [0.2, 0.25) is 0 Å². The zero-order valence-corrected chi connectivity index (χ0v) is 23.5. The first kappa shape index (κ1) is 28.7. The highest BCUT2D eigenvalue weighted by Crippen LogP contribution is 2.59. The fourth-order valence-electron chi connectivity index (χ4n) is 7.39. The molecule has 0 amide bonds. The van der Waals surface area contributed by atoms with Crippen molar-refractivity contribution in [3.05, 3.63) is 59.2 Å². The molecule has 2 N–H and O–H groups in total. The van der Waals surface area contributed by atoms with E-state index in [1.54, 1.807) is 6.08 Å². The van der Waals surface area contributed by atoms with Crippen LogP contribution in [0.3, 0.4) is 0 Å². The first-order valence-electron chi connectivity index (χ1n) is 14.3. The predicted molar refractivity (Wildman–Crippen MR) is 151 cm³/mol. The largest absolute Gasteiger partial charge is 0.478 e. The summed E-state index contributed by atoms with van der Waals surface area (Å²) in [7, 11) is 0. The minimum absolute atomic E-state index is 0.0768. The van der Waals surface area contributed by atoms with Crippen molar-refractivity contribution in [2.45, 2.75) is 117 Å². The van der Waals surface area contributed by atoms with Gasteiger partial charge in [-0.3, -0.25) is 0 Å². The van der Waals surface area contributed by atoms with Crippen molar-refractivity contribution in [2.24, 2.45) is 23.2 Å². The van der Waals surface area contributed by atoms with Gasteiger partial charge < -0.3 is 10.2 Å². The maximum Gasteiger partial charge on any atom is 0.335 e. The SMILES string of the molecule is C=CC[C@]1(O)CC/C(C)=C\CC[C@]2(C)[C@@H]([C@H](C)CCCC(C)C)CC[C@H]2c2ccc(cc2C(=O)O)C1. The molecule has 0 aliphatic heterocycles. The van der Waals surface area contributed by atoms with Crippen LogP contribution in [0.1, 0.15) is 126 Å². The van der Waals surface area contributed by atoms with E-state index in [1.807, 2.05) is 6.07 Å². The number of hydrogen-bond acceptors (Lipinski definition) is 2. The van der Waals surface area contributed by atoms with Crippen molar-refractivity contribution >= 4 is 5.97 Å². The van der Waals surface area contributed by atoms with Crippen LogP contribution in [-0.2, 0) is 6.42 Å². The van der Waals surface area contributed by atoms with E-state index in [1.165, 1.54) is 31.3 Å². The molecule has 5 atom stereocenters. The number of carboxylic acids is 1. The molecule has 200 valence electrons. The summed E-state index contributed by atoms with van der Waals surface area (Å²) in [5, 5.41) is 21.7. The molecule has 0 heterocycles. The predicted octanol–water partition coefficient (Wildman–Crippen LogP) is 8.72. The van der Waals surface area contributed by atoms with E-state index in [-0.39, 0.29) is 11.3 Å².